The monoisotopic (exact) mass is 263 g/mol. The highest BCUT2D eigenvalue weighted by atomic mass is 15.4. The maximum atomic E-state index is 6.24. The summed E-state index contributed by atoms with van der Waals surface area (Å²) in [5, 5.41) is 4.54. The first-order valence-corrected chi connectivity index (χ1v) is 7.52. The molecule has 2 saturated heterocycles. The van der Waals surface area contributed by atoms with Crippen LogP contribution in [0, 0.1) is 6.92 Å². The second kappa shape index (κ2) is 5.04. The molecule has 106 valence electrons. The van der Waals surface area contributed by atoms with Crippen molar-refractivity contribution in [2.24, 2.45) is 0 Å². The standard InChI is InChI=1S/C14H25N5/c1-3-19-14(13(15)11(2)16-19)18-9-8-17-7-5-4-6-12(17)10-18/h12H,3-10,15H2,1-2H3. The van der Waals surface area contributed by atoms with Crippen molar-refractivity contribution in [2.45, 2.75) is 45.7 Å². The van der Waals surface area contributed by atoms with Crippen LogP contribution >= 0.6 is 0 Å². The molecule has 2 fully saturated rings. The largest absolute Gasteiger partial charge is 0.394 e. The summed E-state index contributed by atoms with van der Waals surface area (Å²) in [5.74, 6) is 1.14. The fraction of sp³-hybridized carbons (Fsp3) is 0.786. The van der Waals surface area contributed by atoms with Crippen LogP contribution in [0.5, 0.6) is 0 Å². The van der Waals surface area contributed by atoms with Gasteiger partial charge >= 0.3 is 0 Å². The average Bonchev–Trinajstić information content (AvgIpc) is 2.74. The summed E-state index contributed by atoms with van der Waals surface area (Å²) in [6, 6.07) is 0.711. The molecule has 19 heavy (non-hydrogen) atoms. The molecule has 1 unspecified atom stereocenters. The molecular weight excluding hydrogens is 238 g/mol. The van der Waals surface area contributed by atoms with E-state index < -0.39 is 0 Å². The number of aromatic nitrogens is 2. The molecule has 5 nitrogen and oxygen atoms in total. The molecule has 3 heterocycles. The van der Waals surface area contributed by atoms with E-state index in [-0.39, 0.29) is 0 Å². The summed E-state index contributed by atoms with van der Waals surface area (Å²) in [6.45, 7) is 9.64. The minimum absolute atomic E-state index is 0.711. The topological polar surface area (TPSA) is 50.3 Å². The Morgan fingerprint density at radius 3 is 2.89 bits per heavy atom. The van der Waals surface area contributed by atoms with Crippen LogP contribution in [0.25, 0.3) is 0 Å². The number of nitrogens with zero attached hydrogens (tertiary/aromatic N) is 4. The van der Waals surface area contributed by atoms with Crippen molar-refractivity contribution in [2.75, 3.05) is 36.8 Å². The summed E-state index contributed by atoms with van der Waals surface area (Å²) < 4.78 is 2.06. The van der Waals surface area contributed by atoms with Gasteiger partial charge in [-0.3, -0.25) is 4.90 Å². The summed E-state index contributed by atoms with van der Waals surface area (Å²) in [5.41, 5.74) is 8.07. The van der Waals surface area contributed by atoms with Crippen LogP contribution in [0.4, 0.5) is 11.5 Å². The lowest BCUT2D eigenvalue weighted by Crippen LogP contribution is -2.55. The van der Waals surface area contributed by atoms with Gasteiger partial charge in [0.25, 0.3) is 0 Å². The third-order valence-corrected chi connectivity index (χ3v) is 4.58. The molecule has 0 radical (unpaired) electrons. The summed E-state index contributed by atoms with van der Waals surface area (Å²) >= 11 is 0. The van der Waals surface area contributed by atoms with Crippen molar-refractivity contribution in [1.29, 1.82) is 0 Å². The van der Waals surface area contributed by atoms with Crippen LogP contribution < -0.4 is 10.6 Å². The summed E-state index contributed by atoms with van der Waals surface area (Å²) in [6.07, 6.45) is 4.07. The van der Waals surface area contributed by atoms with Gasteiger partial charge < -0.3 is 10.6 Å². The molecule has 1 atom stereocenters. The van der Waals surface area contributed by atoms with E-state index in [0.717, 1.165) is 43.4 Å². The number of nitrogens with two attached hydrogens (primary N) is 1. The Hall–Kier alpha value is -1.23. The molecule has 1 aromatic rings. The smallest absolute Gasteiger partial charge is 0.150 e. The minimum Gasteiger partial charge on any atom is -0.394 e. The van der Waals surface area contributed by atoms with Gasteiger partial charge in [0.2, 0.25) is 0 Å². The number of hydrogen-bond acceptors (Lipinski definition) is 4. The van der Waals surface area contributed by atoms with Gasteiger partial charge in [-0.25, -0.2) is 4.68 Å². The molecule has 0 bridgehead atoms. The van der Waals surface area contributed by atoms with Crippen LogP contribution in [-0.2, 0) is 6.54 Å². The highest BCUT2D eigenvalue weighted by Crippen LogP contribution is 2.30. The van der Waals surface area contributed by atoms with E-state index in [1.807, 2.05) is 6.92 Å². The van der Waals surface area contributed by atoms with Gasteiger partial charge in [0, 0.05) is 32.2 Å². The van der Waals surface area contributed by atoms with Gasteiger partial charge in [0.05, 0.1) is 11.4 Å². The van der Waals surface area contributed by atoms with Crippen LogP contribution in [0.1, 0.15) is 31.9 Å². The van der Waals surface area contributed by atoms with Crippen molar-refractivity contribution in [3.8, 4) is 0 Å². The minimum atomic E-state index is 0.711. The highest BCUT2D eigenvalue weighted by Gasteiger charge is 2.31. The maximum absolute atomic E-state index is 6.24. The van der Waals surface area contributed by atoms with E-state index >= 15 is 0 Å². The fourth-order valence-electron chi connectivity index (χ4n) is 3.49. The number of anilines is 2. The van der Waals surface area contributed by atoms with Gasteiger partial charge in [0.15, 0.2) is 5.82 Å². The van der Waals surface area contributed by atoms with E-state index in [4.69, 9.17) is 5.73 Å². The fourth-order valence-corrected chi connectivity index (χ4v) is 3.49. The molecule has 1 aromatic heterocycles. The lowest BCUT2D eigenvalue weighted by atomic mass is 9.99. The Morgan fingerprint density at radius 2 is 2.11 bits per heavy atom. The van der Waals surface area contributed by atoms with Gasteiger partial charge in [0.1, 0.15) is 0 Å². The maximum Gasteiger partial charge on any atom is 0.150 e. The van der Waals surface area contributed by atoms with Crippen LogP contribution in [0.3, 0.4) is 0 Å². The van der Waals surface area contributed by atoms with E-state index in [1.54, 1.807) is 0 Å². The van der Waals surface area contributed by atoms with Crippen LogP contribution in [0.15, 0.2) is 0 Å². The predicted octanol–water partition coefficient (Wildman–Crippen LogP) is 1.47. The third-order valence-electron chi connectivity index (χ3n) is 4.58. The van der Waals surface area contributed by atoms with Crippen LogP contribution in [0.2, 0.25) is 0 Å². The Kier molecular flexibility index (Phi) is 3.39. The Morgan fingerprint density at radius 1 is 1.26 bits per heavy atom. The first-order chi connectivity index (χ1) is 9.20. The molecule has 5 heteroatoms. The molecule has 0 aromatic carbocycles. The lowest BCUT2D eigenvalue weighted by molar-refractivity contribution is 0.133. The number of piperazine rings is 1. The summed E-state index contributed by atoms with van der Waals surface area (Å²) in [4.78, 5) is 5.10. The van der Waals surface area contributed by atoms with Crippen molar-refractivity contribution in [1.82, 2.24) is 14.7 Å². The zero-order chi connectivity index (χ0) is 13.4. The molecule has 0 saturated carbocycles. The molecule has 0 amide bonds. The van der Waals surface area contributed by atoms with Crippen molar-refractivity contribution in [3.63, 3.8) is 0 Å². The van der Waals surface area contributed by atoms with Crippen molar-refractivity contribution in [3.05, 3.63) is 5.69 Å². The molecule has 3 rings (SSSR count). The molecule has 2 N–H and O–H groups in total. The van der Waals surface area contributed by atoms with Gasteiger partial charge in [-0.05, 0) is 33.2 Å². The number of fused-ring (bicyclic) bond motifs is 1. The normalized spacial score (nSPS) is 24.5. The third kappa shape index (κ3) is 2.20. The quantitative estimate of drug-likeness (QED) is 0.878. The zero-order valence-electron chi connectivity index (χ0n) is 12.1. The Labute approximate surface area is 115 Å². The van der Waals surface area contributed by atoms with Crippen LogP contribution in [-0.4, -0.2) is 46.9 Å². The molecule has 2 aliphatic rings. The average molecular weight is 263 g/mol. The second-order valence-electron chi connectivity index (χ2n) is 5.77. The second-order valence-corrected chi connectivity index (χ2v) is 5.77. The van der Waals surface area contributed by atoms with E-state index in [0.29, 0.717) is 6.04 Å². The van der Waals surface area contributed by atoms with E-state index in [2.05, 4.69) is 26.5 Å². The SMILES string of the molecule is CCn1nc(C)c(N)c1N1CCN2CCCCC2C1. The number of nitrogen functional groups attached to an aromatic ring is 1. The highest BCUT2D eigenvalue weighted by molar-refractivity contribution is 5.66. The van der Waals surface area contributed by atoms with Gasteiger partial charge in [-0.1, -0.05) is 6.42 Å². The number of hydrogen-bond donors (Lipinski definition) is 1. The molecule has 0 spiro atoms. The molecule has 0 aliphatic carbocycles. The van der Waals surface area contributed by atoms with Crippen molar-refractivity contribution < 1.29 is 0 Å². The number of aryl methyl sites for hydroxylation is 2. The predicted molar refractivity (Wildman–Crippen MR) is 78.5 cm³/mol. The van der Waals surface area contributed by atoms with Gasteiger partial charge in [-0.2, -0.15) is 5.10 Å². The Bertz CT molecular complexity index is 453. The first-order valence-electron chi connectivity index (χ1n) is 7.52. The number of piperidine rings is 1. The van der Waals surface area contributed by atoms with Crippen molar-refractivity contribution >= 4 is 11.5 Å². The molecular formula is C14H25N5. The first kappa shape index (κ1) is 12.8. The molecule has 2 aliphatic heterocycles. The number of rotatable bonds is 2. The zero-order valence-corrected chi connectivity index (χ0v) is 12.1. The lowest BCUT2D eigenvalue weighted by Gasteiger charge is -2.44. The van der Waals surface area contributed by atoms with E-state index in [9.17, 15) is 0 Å². The summed E-state index contributed by atoms with van der Waals surface area (Å²) in [7, 11) is 0. The Balaban J connectivity index is 1.83. The van der Waals surface area contributed by atoms with E-state index in [1.165, 1.54) is 25.8 Å². The van der Waals surface area contributed by atoms with Gasteiger partial charge in [-0.15, -0.1) is 0 Å².